The summed E-state index contributed by atoms with van der Waals surface area (Å²) < 4.78 is 6.56. The molecule has 28 heavy (non-hydrogen) atoms. The topological polar surface area (TPSA) is 106 Å². The van der Waals surface area contributed by atoms with E-state index in [-0.39, 0.29) is 23.2 Å². The molecule has 0 spiro atoms. The molecule has 0 atom stereocenters. The third-order valence-electron chi connectivity index (χ3n) is 4.06. The van der Waals surface area contributed by atoms with Crippen LogP contribution in [0.3, 0.4) is 0 Å². The lowest BCUT2D eigenvalue weighted by Crippen LogP contribution is -2.37. The lowest BCUT2D eigenvalue weighted by molar-refractivity contribution is -0.121. The molecule has 9 heteroatoms. The maximum Gasteiger partial charge on any atom is 0.275 e. The number of amides is 1. The number of fused-ring (bicyclic) bond motifs is 1. The summed E-state index contributed by atoms with van der Waals surface area (Å²) in [5.41, 5.74) is -0.904. The van der Waals surface area contributed by atoms with Crippen molar-refractivity contribution >= 4 is 28.3 Å². The van der Waals surface area contributed by atoms with Crippen molar-refractivity contribution in [2.45, 2.75) is 19.4 Å². The second kappa shape index (κ2) is 9.18. The fourth-order valence-electron chi connectivity index (χ4n) is 2.63. The number of H-pyrrole nitrogens is 1. The Morgan fingerprint density at radius 2 is 1.93 bits per heavy atom. The highest BCUT2D eigenvalue weighted by Crippen LogP contribution is 2.15. The predicted octanol–water partition coefficient (Wildman–Crippen LogP) is 1.71. The molecule has 0 fully saturated rings. The van der Waals surface area contributed by atoms with Crippen LogP contribution in [0.2, 0.25) is 5.02 Å². The van der Waals surface area contributed by atoms with Crippen LogP contribution in [0.1, 0.15) is 12.8 Å². The minimum atomic E-state index is -0.464. The Morgan fingerprint density at radius 3 is 2.71 bits per heavy atom. The lowest BCUT2D eigenvalue weighted by atomic mass is 10.2. The number of hydrogen-bond donors (Lipinski definition) is 2. The standard InChI is InChI=1S/C19H19ClN4O4/c20-13-3-5-14(6-4-13)28-10-2-1-8-22-17(25)12-24-19(27)16-11-21-9-7-15(16)18(26)23-24/h3-7,9,11H,1-2,8,10,12H2,(H,22,25)(H,23,26). The Bertz CT molecular complexity index is 1080. The van der Waals surface area contributed by atoms with Gasteiger partial charge in [0.25, 0.3) is 11.1 Å². The van der Waals surface area contributed by atoms with Crippen molar-refractivity contribution in [2.24, 2.45) is 0 Å². The Balaban J connectivity index is 1.44. The molecule has 3 rings (SSSR count). The number of nitrogens with one attached hydrogen (secondary N) is 2. The van der Waals surface area contributed by atoms with Gasteiger partial charge in [0.1, 0.15) is 12.3 Å². The third kappa shape index (κ3) is 4.98. The molecule has 0 aliphatic carbocycles. The molecule has 0 bridgehead atoms. The molecule has 0 saturated heterocycles. The molecule has 3 aromatic rings. The van der Waals surface area contributed by atoms with Crippen molar-refractivity contribution in [1.29, 1.82) is 0 Å². The van der Waals surface area contributed by atoms with Crippen LogP contribution in [-0.2, 0) is 11.3 Å². The number of hydrogen-bond acceptors (Lipinski definition) is 5. The van der Waals surface area contributed by atoms with Crippen molar-refractivity contribution in [1.82, 2.24) is 20.1 Å². The molecule has 0 saturated carbocycles. The van der Waals surface area contributed by atoms with Crippen LogP contribution in [0.5, 0.6) is 5.75 Å². The molecule has 8 nitrogen and oxygen atoms in total. The summed E-state index contributed by atoms with van der Waals surface area (Å²) in [6.45, 7) is 0.694. The molecule has 2 heterocycles. The highest BCUT2D eigenvalue weighted by Gasteiger charge is 2.10. The van der Waals surface area contributed by atoms with Crippen molar-refractivity contribution in [3.8, 4) is 5.75 Å². The first kappa shape index (κ1) is 19.6. The first-order valence-corrected chi connectivity index (χ1v) is 9.14. The van der Waals surface area contributed by atoms with E-state index in [0.29, 0.717) is 24.6 Å². The van der Waals surface area contributed by atoms with Gasteiger partial charge in [0.2, 0.25) is 5.91 Å². The molecule has 0 radical (unpaired) electrons. The van der Waals surface area contributed by atoms with Crippen LogP contribution < -0.4 is 21.2 Å². The molecule has 1 aromatic carbocycles. The molecule has 2 N–H and O–H groups in total. The summed E-state index contributed by atoms with van der Waals surface area (Å²) in [5.74, 6) is 0.377. The lowest BCUT2D eigenvalue weighted by Gasteiger charge is -2.09. The van der Waals surface area contributed by atoms with E-state index in [1.54, 1.807) is 24.3 Å². The van der Waals surface area contributed by atoms with E-state index in [2.05, 4.69) is 15.4 Å². The number of aromatic nitrogens is 3. The van der Waals surface area contributed by atoms with Crippen LogP contribution in [-0.4, -0.2) is 33.8 Å². The van der Waals surface area contributed by atoms with E-state index in [1.807, 2.05) is 0 Å². The third-order valence-corrected chi connectivity index (χ3v) is 4.31. The van der Waals surface area contributed by atoms with E-state index in [9.17, 15) is 14.4 Å². The molecule has 0 aliphatic heterocycles. The van der Waals surface area contributed by atoms with Gasteiger partial charge in [-0.05, 0) is 43.2 Å². The largest absolute Gasteiger partial charge is 0.494 e. The second-order valence-electron chi connectivity index (χ2n) is 6.11. The summed E-state index contributed by atoms with van der Waals surface area (Å²) in [6.07, 6.45) is 4.22. The fourth-order valence-corrected chi connectivity index (χ4v) is 2.75. The average molecular weight is 403 g/mol. The van der Waals surface area contributed by atoms with Crippen molar-refractivity contribution in [2.75, 3.05) is 13.2 Å². The van der Waals surface area contributed by atoms with Gasteiger partial charge in [-0.25, -0.2) is 4.68 Å². The Hall–Kier alpha value is -3.13. The minimum Gasteiger partial charge on any atom is -0.494 e. The van der Waals surface area contributed by atoms with Crippen LogP contribution in [0.25, 0.3) is 10.8 Å². The zero-order chi connectivity index (χ0) is 19.9. The highest BCUT2D eigenvalue weighted by atomic mass is 35.5. The summed E-state index contributed by atoms with van der Waals surface area (Å²) in [7, 11) is 0. The Morgan fingerprint density at radius 1 is 1.14 bits per heavy atom. The number of aromatic amines is 1. The molecule has 2 aromatic heterocycles. The SMILES string of the molecule is O=C(Cn1[nH]c(=O)c2ccncc2c1=O)NCCCCOc1ccc(Cl)cc1. The number of unbranched alkanes of at least 4 members (excludes halogenated alkanes) is 1. The minimum absolute atomic E-state index is 0.179. The number of rotatable bonds is 8. The van der Waals surface area contributed by atoms with Gasteiger partial charge in [-0.3, -0.25) is 24.5 Å². The van der Waals surface area contributed by atoms with Crippen molar-refractivity contribution < 1.29 is 9.53 Å². The zero-order valence-corrected chi connectivity index (χ0v) is 15.7. The maximum absolute atomic E-state index is 12.3. The second-order valence-corrected chi connectivity index (χ2v) is 6.55. The van der Waals surface area contributed by atoms with Crippen molar-refractivity contribution in [3.05, 3.63) is 68.5 Å². The van der Waals surface area contributed by atoms with Gasteiger partial charge in [0.15, 0.2) is 0 Å². The quantitative estimate of drug-likeness (QED) is 0.558. The van der Waals surface area contributed by atoms with Crippen LogP contribution >= 0.6 is 11.6 Å². The molecule has 0 unspecified atom stereocenters. The Kier molecular flexibility index (Phi) is 6.44. The average Bonchev–Trinajstić information content (AvgIpc) is 2.70. The number of ether oxygens (including phenoxy) is 1. The molecule has 1 amide bonds. The number of halogens is 1. The maximum atomic E-state index is 12.3. The van der Waals surface area contributed by atoms with E-state index in [1.165, 1.54) is 18.5 Å². The molecule has 146 valence electrons. The number of benzene rings is 1. The molecular formula is C19H19ClN4O4. The monoisotopic (exact) mass is 402 g/mol. The summed E-state index contributed by atoms with van der Waals surface area (Å²) >= 11 is 5.81. The van der Waals surface area contributed by atoms with Crippen LogP contribution in [0.15, 0.2) is 52.3 Å². The zero-order valence-electron chi connectivity index (χ0n) is 15.0. The van der Waals surface area contributed by atoms with Crippen LogP contribution in [0.4, 0.5) is 0 Å². The molecule has 0 aliphatic rings. The van der Waals surface area contributed by atoms with Gasteiger partial charge in [-0.1, -0.05) is 11.6 Å². The number of carbonyl (C=O) groups excluding carboxylic acids is 1. The molecular weight excluding hydrogens is 384 g/mol. The van der Waals surface area contributed by atoms with Gasteiger partial charge in [0, 0.05) is 24.0 Å². The van der Waals surface area contributed by atoms with E-state index < -0.39 is 11.1 Å². The first-order chi connectivity index (χ1) is 13.5. The fraction of sp³-hybridized carbons (Fsp3) is 0.263. The Labute approximate surface area is 165 Å². The normalized spacial score (nSPS) is 10.8. The van der Waals surface area contributed by atoms with E-state index in [0.717, 1.165) is 16.9 Å². The number of pyridine rings is 1. The smallest absolute Gasteiger partial charge is 0.275 e. The summed E-state index contributed by atoms with van der Waals surface area (Å²) in [6, 6.07) is 8.56. The first-order valence-electron chi connectivity index (χ1n) is 8.76. The van der Waals surface area contributed by atoms with Crippen LogP contribution in [0, 0.1) is 0 Å². The van der Waals surface area contributed by atoms with Gasteiger partial charge in [0.05, 0.1) is 17.4 Å². The van der Waals surface area contributed by atoms with E-state index in [4.69, 9.17) is 16.3 Å². The predicted molar refractivity (Wildman–Crippen MR) is 106 cm³/mol. The van der Waals surface area contributed by atoms with E-state index >= 15 is 0 Å². The van der Waals surface area contributed by atoms with Gasteiger partial charge in [-0.2, -0.15) is 0 Å². The van der Waals surface area contributed by atoms with Gasteiger partial charge < -0.3 is 10.1 Å². The van der Waals surface area contributed by atoms with Gasteiger partial charge >= 0.3 is 0 Å². The summed E-state index contributed by atoms with van der Waals surface area (Å²) in [5, 5.41) is 6.21. The highest BCUT2D eigenvalue weighted by molar-refractivity contribution is 6.30. The van der Waals surface area contributed by atoms with Gasteiger partial charge in [-0.15, -0.1) is 0 Å². The number of nitrogens with zero attached hydrogens (tertiary/aromatic N) is 2. The summed E-state index contributed by atoms with van der Waals surface area (Å²) in [4.78, 5) is 40.2. The number of carbonyl (C=O) groups is 1. The van der Waals surface area contributed by atoms with Crippen molar-refractivity contribution in [3.63, 3.8) is 0 Å².